The standard InChI is InChI=1S/C19H22ClNO2.ClH/c1-13-3-5-14(6-4-13)12-23-19-17(20)9-15(10-18(19)22-2)11-21-16-7-8-16;/h3-6,9-10,16,21H,7-8,11-12H2,1-2H3;1H. The molecular formula is C19H23Cl2NO2. The van der Waals surface area contributed by atoms with Crippen LogP contribution in [0.15, 0.2) is 36.4 Å². The quantitative estimate of drug-likeness (QED) is 0.753. The molecule has 1 saturated carbocycles. The van der Waals surface area contributed by atoms with Gasteiger partial charge in [0.05, 0.1) is 12.1 Å². The van der Waals surface area contributed by atoms with Gasteiger partial charge in [-0.15, -0.1) is 12.4 Å². The van der Waals surface area contributed by atoms with E-state index in [1.165, 1.54) is 18.4 Å². The minimum absolute atomic E-state index is 0. The number of nitrogens with one attached hydrogen (secondary N) is 1. The average molecular weight is 368 g/mol. The number of ether oxygens (including phenoxy) is 2. The summed E-state index contributed by atoms with van der Waals surface area (Å²) in [5.41, 5.74) is 3.45. The van der Waals surface area contributed by atoms with E-state index in [2.05, 4.69) is 36.5 Å². The molecule has 5 heteroatoms. The van der Waals surface area contributed by atoms with Gasteiger partial charge in [0.2, 0.25) is 0 Å². The zero-order valence-corrected chi connectivity index (χ0v) is 15.5. The van der Waals surface area contributed by atoms with Crippen LogP contribution in [-0.4, -0.2) is 13.2 Å². The molecule has 1 aliphatic carbocycles. The molecule has 2 aromatic carbocycles. The molecule has 1 fully saturated rings. The number of hydrogen-bond donors (Lipinski definition) is 1. The maximum absolute atomic E-state index is 6.40. The summed E-state index contributed by atoms with van der Waals surface area (Å²) in [4.78, 5) is 0. The van der Waals surface area contributed by atoms with Gasteiger partial charge in [-0.1, -0.05) is 41.4 Å². The zero-order chi connectivity index (χ0) is 16.2. The van der Waals surface area contributed by atoms with Crippen LogP contribution in [0.25, 0.3) is 0 Å². The van der Waals surface area contributed by atoms with Crippen LogP contribution in [0.2, 0.25) is 5.02 Å². The van der Waals surface area contributed by atoms with E-state index >= 15 is 0 Å². The van der Waals surface area contributed by atoms with Crippen LogP contribution in [0.5, 0.6) is 11.5 Å². The Kier molecular flexibility index (Phi) is 6.79. The van der Waals surface area contributed by atoms with E-state index < -0.39 is 0 Å². The lowest BCUT2D eigenvalue weighted by molar-refractivity contribution is 0.284. The first-order valence-electron chi connectivity index (χ1n) is 7.94. The number of rotatable bonds is 7. The topological polar surface area (TPSA) is 30.5 Å². The number of halogens is 2. The summed E-state index contributed by atoms with van der Waals surface area (Å²) in [6, 6.07) is 12.9. The normalized spacial score (nSPS) is 13.3. The average Bonchev–Trinajstić information content (AvgIpc) is 3.37. The monoisotopic (exact) mass is 367 g/mol. The van der Waals surface area contributed by atoms with Gasteiger partial charge in [0.15, 0.2) is 11.5 Å². The zero-order valence-electron chi connectivity index (χ0n) is 14.0. The van der Waals surface area contributed by atoms with Gasteiger partial charge in [0.1, 0.15) is 6.61 Å². The number of methoxy groups -OCH3 is 1. The molecule has 0 atom stereocenters. The maximum atomic E-state index is 6.40. The first kappa shape index (κ1) is 18.9. The van der Waals surface area contributed by atoms with Gasteiger partial charge in [-0.2, -0.15) is 0 Å². The highest BCUT2D eigenvalue weighted by molar-refractivity contribution is 6.32. The Morgan fingerprint density at radius 2 is 1.83 bits per heavy atom. The second kappa shape index (κ2) is 8.61. The first-order chi connectivity index (χ1) is 11.2. The fraction of sp³-hybridized carbons (Fsp3) is 0.368. The molecule has 130 valence electrons. The molecule has 0 amide bonds. The van der Waals surface area contributed by atoms with Crippen molar-refractivity contribution >= 4 is 24.0 Å². The van der Waals surface area contributed by atoms with Gasteiger partial charge in [-0.3, -0.25) is 0 Å². The Hall–Kier alpha value is -1.42. The molecule has 0 saturated heterocycles. The van der Waals surface area contributed by atoms with Crippen molar-refractivity contribution in [1.82, 2.24) is 5.32 Å². The van der Waals surface area contributed by atoms with Gasteiger partial charge in [-0.25, -0.2) is 0 Å². The van der Waals surface area contributed by atoms with Gasteiger partial charge >= 0.3 is 0 Å². The van der Waals surface area contributed by atoms with Crippen molar-refractivity contribution in [3.8, 4) is 11.5 Å². The van der Waals surface area contributed by atoms with Gasteiger partial charge in [0, 0.05) is 12.6 Å². The van der Waals surface area contributed by atoms with E-state index in [-0.39, 0.29) is 12.4 Å². The summed E-state index contributed by atoms with van der Waals surface area (Å²) in [6.45, 7) is 3.34. The lowest BCUT2D eigenvalue weighted by Crippen LogP contribution is -2.15. The third-order valence-corrected chi connectivity index (χ3v) is 4.25. The largest absolute Gasteiger partial charge is 0.493 e. The number of benzene rings is 2. The Labute approximate surface area is 154 Å². The minimum atomic E-state index is 0. The second-order valence-electron chi connectivity index (χ2n) is 6.04. The molecule has 1 aliphatic rings. The third-order valence-electron chi connectivity index (χ3n) is 3.97. The Balaban J connectivity index is 0.00000208. The molecular weight excluding hydrogens is 345 g/mol. The highest BCUT2D eigenvalue weighted by Gasteiger charge is 2.20. The van der Waals surface area contributed by atoms with E-state index in [1.807, 2.05) is 12.1 Å². The molecule has 24 heavy (non-hydrogen) atoms. The molecule has 2 aromatic rings. The van der Waals surface area contributed by atoms with Gasteiger partial charge < -0.3 is 14.8 Å². The van der Waals surface area contributed by atoms with Crippen LogP contribution < -0.4 is 14.8 Å². The van der Waals surface area contributed by atoms with Crippen molar-refractivity contribution in [3.63, 3.8) is 0 Å². The summed E-state index contributed by atoms with van der Waals surface area (Å²) in [6.07, 6.45) is 2.53. The van der Waals surface area contributed by atoms with Gasteiger partial charge in [-0.05, 0) is 43.0 Å². The van der Waals surface area contributed by atoms with E-state index in [0.717, 1.165) is 17.7 Å². The molecule has 0 spiro atoms. The van der Waals surface area contributed by atoms with Crippen LogP contribution in [0.4, 0.5) is 0 Å². The Morgan fingerprint density at radius 1 is 1.12 bits per heavy atom. The molecule has 0 unspecified atom stereocenters. The predicted molar refractivity (Wildman–Crippen MR) is 101 cm³/mol. The lowest BCUT2D eigenvalue weighted by Gasteiger charge is -2.14. The van der Waals surface area contributed by atoms with Crippen LogP contribution >= 0.6 is 24.0 Å². The van der Waals surface area contributed by atoms with Crippen molar-refractivity contribution in [2.24, 2.45) is 0 Å². The first-order valence-corrected chi connectivity index (χ1v) is 8.31. The molecule has 1 N–H and O–H groups in total. The molecule has 0 aromatic heterocycles. The second-order valence-corrected chi connectivity index (χ2v) is 6.45. The van der Waals surface area contributed by atoms with E-state index in [0.29, 0.717) is 29.2 Å². The molecule has 3 nitrogen and oxygen atoms in total. The highest BCUT2D eigenvalue weighted by atomic mass is 35.5. The number of hydrogen-bond acceptors (Lipinski definition) is 3. The highest BCUT2D eigenvalue weighted by Crippen LogP contribution is 2.37. The van der Waals surface area contributed by atoms with Crippen molar-refractivity contribution in [2.45, 2.75) is 39.0 Å². The Morgan fingerprint density at radius 3 is 2.46 bits per heavy atom. The molecule has 0 bridgehead atoms. The predicted octanol–water partition coefficient (Wildman–Crippen LogP) is 4.91. The van der Waals surface area contributed by atoms with E-state index in [4.69, 9.17) is 21.1 Å². The SMILES string of the molecule is COc1cc(CNC2CC2)cc(Cl)c1OCc1ccc(C)cc1.Cl. The van der Waals surface area contributed by atoms with Crippen LogP contribution in [-0.2, 0) is 13.2 Å². The summed E-state index contributed by atoms with van der Waals surface area (Å²) in [5.74, 6) is 1.28. The summed E-state index contributed by atoms with van der Waals surface area (Å²) < 4.78 is 11.4. The smallest absolute Gasteiger partial charge is 0.180 e. The lowest BCUT2D eigenvalue weighted by atomic mass is 10.1. The fourth-order valence-corrected chi connectivity index (χ4v) is 2.69. The minimum Gasteiger partial charge on any atom is -0.493 e. The molecule has 0 heterocycles. The summed E-state index contributed by atoms with van der Waals surface area (Å²) in [5, 5.41) is 4.07. The molecule has 0 aliphatic heterocycles. The van der Waals surface area contributed by atoms with Crippen molar-refractivity contribution < 1.29 is 9.47 Å². The van der Waals surface area contributed by atoms with Crippen LogP contribution in [0.3, 0.4) is 0 Å². The van der Waals surface area contributed by atoms with Crippen molar-refractivity contribution in [3.05, 3.63) is 58.1 Å². The van der Waals surface area contributed by atoms with E-state index in [9.17, 15) is 0 Å². The van der Waals surface area contributed by atoms with E-state index in [1.54, 1.807) is 7.11 Å². The number of aryl methyl sites for hydroxylation is 1. The Bertz CT molecular complexity index is 670. The van der Waals surface area contributed by atoms with Crippen molar-refractivity contribution in [1.29, 1.82) is 0 Å². The maximum Gasteiger partial charge on any atom is 0.180 e. The fourth-order valence-electron chi connectivity index (χ4n) is 2.40. The third kappa shape index (κ3) is 5.04. The summed E-state index contributed by atoms with van der Waals surface area (Å²) >= 11 is 6.40. The van der Waals surface area contributed by atoms with Crippen LogP contribution in [0, 0.1) is 6.92 Å². The van der Waals surface area contributed by atoms with Gasteiger partial charge in [0.25, 0.3) is 0 Å². The summed E-state index contributed by atoms with van der Waals surface area (Å²) in [7, 11) is 1.64. The van der Waals surface area contributed by atoms with Crippen molar-refractivity contribution in [2.75, 3.05) is 7.11 Å². The molecule has 3 rings (SSSR count). The van der Waals surface area contributed by atoms with Crippen LogP contribution in [0.1, 0.15) is 29.5 Å². The molecule has 0 radical (unpaired) electrons.